The Morgan fingerprint density at radius 3 is 2.28 bits per heavy atom. The fourth-order valence-electron chi connectivity index (χ4n) is 2.50. The normalized spacial score (nSPS) is 12.8. The van der Waals surface area contributed by atoms with Gasteiger partial charge in [0.2, 0.25) is 0 Å². The molecule has 18 heavy (non-hydrogen) atoms. The molecule has 0 spiro atoms. The van der Waals surface area contributed by atoms with Gasteiger partial charge in [-0.05, 0) is 51.7 Å². The number of thiophene rings is 1. The lowest BCUT2D eigenvalue weighted by atomic mass is 9.90. The Hall–Kier alpha value is 0.180. The minimum absolute atomic E-state index is 0.784. The second-order valence-electron chi connectivity index (χ2n) is 5.19. The molecular formula is C16H27BrS. The first-order chi connectivity index (χ1) is 8.79. The highest BCUT2D eigenvalue weighted by Gasteiger charge is 2.14. The monoisotopic (exact) mass is 330 g/mol. The molecule has 1 atom stereocenters. The van der Waals surface area contributed by atoms with Crippen LogP contribution in [0.1, 0.15) is 83.1 Å². The van der Waals surface area contributed by atoms with Crippen LogP contribution in [0.4, 0.5) is 0 Å². The van der Waals surface area contributed by atoms with Crippen LogP contribution in [0, 0.1) is 0 Å². The second kappa shape index (κ2) is 10.0. The maximum Gasteiger partial charge on any atom is 0.0733 e. The van der Waals surface area contributed by atoms with Crippen LogP contribution < -0.4 is 0 Å². The molecule has 104 valence electrons. The van der Waals surface area contributed by atoms with Crippen LogP contribution in [0.15, 0.2) is 15.2 Å². The fraction of sp³-hybridized carbons (Fsp3) is 0.750. The van der Waals surface area contributed by atoms with Crippen molar-refractivity contribution in [2.45, 2.75) is 77.6 Å². The molecule has 2 heteroatoms. The summed E-state index contributed by atoms with van der Waals surface area (Å²) < 4.78 is 1.36. The predicted molar refractivity (Wildman–Crippen MR) is 87.7 cm³/mol. The van der Waals surface area contributed by atoms with E-state index in [-0.39, 0.29) is 0 Å². The third-order valence-corrected chi connectivity index (χ3v) is 5.38. The van der Waals surface area contributed by atoms with Gasteiger partial charge in [0.25, 0.3) is 0 Å². The van der Waals surface area contributed by atoms with Gasteiger partial charge in [-0.25, -0.2) is 0 Å². The lowest BCUT2D eigenvalue weighted by Gasteiger charge is -2.16. The van der Waals surface area contributed by atoms with Gasteiger partial charge in [-0.15, -0.1) is 11.3 Å². The summed E-state index contributed by atoms with van der Waals surface area (Å²) in [6.45, 7) is 4.58. The van der Waals surface area contributed by atoms with Gasteiger partial charge in [-0.3, -0.25) is 0 Å². The molecule has 0 bridgehead atoms. The van der Waals surface area contributed by atoms with Crippen molar-refractivity contribution in [3.63, 3.8) is 0 Å². The van der Waals surface area contributed by atoms with Gasteiger partial charge in [0.15, 0.2) is 0 Å². The zero-order valence-electron chi connectivity index (χ0n) is 11.9. The Balaban J connectivity index is 2.39. The lowest BCUT2D eigenvalue weighted by molar-refractivity contribution is 0.504. The third kappa shape index (κ3) is 5.88. The Morgan fingerprint density at radius 2 is 1.67 bits per heavy atom. The average Bonchev–Trinajstić information content (AvgIpc) is 2.79. The van der Waals surface area contributed by atoms with Gasteiger partial charge < -0.3 is 0 Å². The molecule has 0 saturated heterocycles. The van der Waals surface area contributed by atoms with E-state index < -0.39 is 0 Å². The first-order valence-electron chi connectivity index (χ1n) is 7.52. The van der Waals surface area contributed by atoms with Crippen molar-refractivity contribution in [2.75, 3.05) is 0 Å². The van der Waals surface area contributed by atoms with Gasteiger partial charge in [0.05, 0.1) is 3.79 Å². The van der Waals surface area contributed by atoms with Crippen molar-refractivity contribution in [1.82, 2.24) is 0 Å². The summed E-state index contributed by atoms with van der Waals surface area (Å²) in [6, 6.07) is 2.32. The molecule has 1 rings (SSSR count). The molecule has 0 aliphatic heterocycles. The SMILES string of the molecule is CCCCCCCC(CCCC)c1ccsc1Br. The molecule has 0 N–H and O–H groups in total. The smallest absolute Gasteiger partial charge is 0.0733 e. The van der Waals surface area contributed by atoms with Crippen LogP contribution >= 0.6 is 27.3 Å². The summed E-state index contributed by atoms with van der Waals surface area (Å²) in [7, 11) is 0. The van der Waals surface area contributed by atoms with Gasteiger partial charge in [0.1, 0.15) is 0 Å². The van der Waals surface area contributed by atoms with E-state index in [1.54, 1.807) is 5.56 Å². The topological polar surface area (TPSA) is 0 Å². The molecule has 1 unspecified atom stereocenters. The van der Waals surface area contributed by atoms with Crippen LogP contribution in [0.5, 0.6) is 0 Å². The van der Waals surface area contributed by atoms with Crippen molar-refractivity contribution in [1.29, 1.82) is 0 Å². The van der Waals surface area contributed by atoms with E-state index in [0.717, 1.165) is 5.92 Å². The highest BCUT2D eigenvalue weighted by atomic mass is 79.9. The maximum absolute atomic E-state index is 3.71. The van der Waals surface area contributed by atoms with Crippen molar-refractivity contribution in [3.05, 3.63) is 20.8 Å². The molecule has 0 radical (unpaired) electrons. The minimum Gasteiger partial charge on any atom is -0.137 e. The number of rotatable bonds is 10. The molecule has 0 fully saturated rings. The molecule has 1 aromatic rings. The van der Waals surface area contributed by atoms with Crippen LogP contribution in [0.3, 0.4) is 0 Å². The molecule has 0 nitrogen and oxygen atoms in total. The summed E-state index contributed by atoms with van der Waals surface area (Å²) in [5.41, 5.74) is 1.56. The summed E-state index contributed by atoms with van der Waals surface area (Å²) in [5, 5.41) is 2.22. The highest BCUT2D eigenvalue weighted by molar-refractivity contribution is 9.11. The van der Waals surface area contributed by atoms with Crippen molar-refractivity contribution < 1.29 is 0 Å². The van der Waals surface area contributed by atoms with Gasteiger partial charge >= 0.3 is 0 Å². The third-order valence-electron chi connectivity index (χ3n) is 3.65. The second-order valence-corrected chi connectivity index (χ2v) is 7.43. The van der Waals surface area contributed by atoms with E-state index >= 15 is 0 Å². The molecule has 1 aromatic heterocycles. The largest absolute Gasteiger partial charge is 0.137 e. The number of unbranched alkanes of at least 4 members (excludes halogenated alkanes) is 5. The standard InChI is InChI=1S/C16H27BrS/c1-3-5-7-8-9-11-14(10-6-4-2)15-12-13-18-16(15)17/h12-14H,3-11H2,1-2H3. The van der Waals surface area contributed by atoms with Crippen LogP contribution in [-0.2, 0) is 0 Å². The van der Waals surface area contributed by atoms with Gasteiger partial charge in [-0.2, -0.15) is 0 Å². The highest BCUT2D eigenvalue weighted by Crippen LogP contribution is 2.36. The quantitative estimate of drug-likeness (QED) is 0.399. The minimum atomic E-state index is 0.784. The van der Waals surface area contributed by atoms with E-state index in [4.69, 9.17) is 0 Å². The summed E-state index contributed by atoms with van der Waals surface area (Å²) in [5.74, 6) is 0.784. The van der Waals surface area contributed by atoms with E-state index in [0.29, 0.717) is 0 Å². The summed E-state index contributed by atoms with van der Waals surface area (Å²) >= 11 is 5.54. The Kier molecular flexibility index (Phi) is 9.04. The zero-order valence-corrected chi connectivity index (χ0v) is 14.3. The molecule has 0 aliphatic rings. The van der Waals surface area contributed by atoms with Crippen molar-refractivity contribution >= 4 is 27.3 Å². The first kappa shape index (κ1) is 16.2. The van der Waals surface area contributed by atoms with E-state index in [9.17, 15) is 0 Å². The van der Waals surface area contributed by atoms with E-state index in [1.165, 1.54) is 61.6 Å². The number of hydrogen-bond acceptors (Lipinski definition) is 1. The van der Waals surface area contributed by atoms with Crippen molar-refractivity contribution in [2.24, 2.45) is 0 Å². The maximum atomic E-state index is 3.71. The van der Waals surface area contributed by atoms with Crippen LogP contribution in [-0.4, -0.2) is 0 Å². The molecule has 0 aromatic carbocycles. The molecular weight excluding hydrogens is 304 g/mol. The van der Waals surface area contributed by atoms with Crippen LogP contribution in [0.2, 0.25) is 0 Å². The van der Waals surface area contributed by atoms with Gasteiger partial charge in [-0.1, -0.05) is 58.8 Å². The summed E-state index contributed by atoms with van der Waals surface area (Å²) in [6.07, 6.45) is 12.4. The van der Waals surface area contributed by atoms with Crippen LogP contribution in [0.25, 0.3) is 0 Å². The molecule has 0 saturated carbocycles. The Morgan fingerprint density at radius 1 is 1.00 bits per heavy atom. The van der Waals surface area contributed by atoms with E-state index in [1.807, 2.05) is 11.3 Å². The van der Waals surface area contributed by atoms with E-state index in [2.05, 4.69) is 41.2 Å². The van der Waals surface area contributed by atoms with Gasteiger partial charge in [0, 0.05) is 0 Å². The molecule has 0 aliphatic carbocycles. The first-order valence-corrected chi connectivity index (χ1v) is 9.19. The lowest BCUT2D eigenvalue weighted by Crippen LogP contribution is -1.98. The zero-order chi connectivity index (χ0) is 13.2. The predicted octanol–water partition coefficient (Wildman–Crippen LogP) is 7.14. The molecule has 1 heterocycles. The fourth-order valence-corrected chi connectivity index (χ4v) is 3.98. The summed E-state index contributed by atoms with van der Waals surface area (Å²) in [4.78, 5) is 0. The van der Waals surface area contributed by atoms with Crippen molar-refractivity contribution in [3.8, 4) is 0 Å². The molecule has 0 amide bonds. The average molecular weight is 331 g/mol. The number of hydrogen-bond donors (Lipinski definition) is 0. The number of halogens is 1. The Labute approximate surface area is 125 Å². The Bertz CT molecular complexity index is 306.